The molecule has 2 rings (SSSR count). The maximum atomic E-state index is 8.94. The lowest BCUT2D eigenvalue weighted by atomic mass is 10.1. The predicted molar refractivity (Wildman–Crippen MR) is 98.6 cm³/mol. The van der Waals surface area contributed by atoms with Gasteiger partial charge in [0, 0.05) is 13.6 Å². The highest BCUT2D eigenvalue weighted by Crippen LogP contribution is 2.30. The number of nitrogens with zero attached hydrogens (tertiary/aromatic N) is 4. The number of pyridine rings is 1. The standard InChI is InChI=1S/C18H19BrN4O/c1-4-23(3)12-21-17-9-16(19)18(22-13(17)2)24-11-15-7-5-6-14(8-15)10-20/h5-9,12H,4,11H2,1-3H3. The number of aryl methyl sites for hydroxylation is 1. The van der Waals surface area contributed by atoms with Gasteiger partial charge in [-0.05, 0) is 53.5 Å². The van der Waals surface area contributed by atoms with Gasteiger partial charge in [0.05, 0.1) is 33.8 Å². The summed E-state index contributed by atoms with van der Waals surface area (Å²) >= 11 is 3.48. The van der Waals surface area contributed by atoms with Crippen molar-refractivity contribution in [1.29, 1.82) is 5.26 Å². The fraction of sp³-hybridized carbons (Fsp3) is 0.278. The Morgan fingerprint density at radius 3 is 2.92 bits per heavy atom. The Kier molecular flexibility index (Phi) is 6.33. The van der Waals surface area contributed by atoms with Crippen LogP contribution in [0.5, 0.6) is 5.88 Å². The molecule has 0 aliphatic rings. The van der Waals surface area contributed by atoms with E-state index in [0.717, 1.165) is 28.0 Å². The van der Waals surface area contributed by atoms with Gasteiger partial charge < -0.3 is 9.64 Å². The molecule has 0 aliphatic carbocycles. The van der Waals surface area contributed by atoms with Crippen LogP contribution in [0.1, 0.15) is 23.7 Å². The molecule has 0 spiro atoms. The van der Waals surface area contributed by atoms with Gasteiger partial charge in [0.15, 0.2) is 0 Å². The van der Waals surface area contributed by atoms with Crippen LogP contribution in [0, 0.1) is 18.3 Å². The first kappa shape index (κ1) is 18.0. The molecule has 24 heavy (non-hydrogen) atoms. The van der Waals surface area contributed by atoms with Crippen LogP contribution in [-0.2, 0) is 6.61 Å². The van der Waals surface area contributed by atoms with Gasteiger partial charge in [0.2, 0.25) is 5.88 Å². The molecule has 0 fully saturated rings. The zero-order chi connectivity index (χ0) is 17.5. The molecule has 1 aromatic heterocycles. The Balaban J connectivity index is 2.13. The highest BCUT2D eigenvalue weighted by atomic mass is 79.9. The quantitative estimate of drug-likeness (QED) is 0.550. The van der Waals surface area contributed by atoms with E-state index >= 15 is 0 Å². The van der Waals surface area contributed by atoms with Crippen molar-refractivity contribution in [2.24, 2.45) is 4.99 Å². The second-order valence-corrected chi connectivity index (χ2v) is 6.15. The minimum absolute atomic E-state index is 0.349. The molecule has 0 saturated heterocycles. The molecule has 0 aliphatic heterocycles. The van der Waals surface area contributed by atoms with E-state index < -0.39 is 0 Å². The average molecular weight is 387 g/mol. The third kappa shape index (κ3) is 4.80. The summed E-state index contributed by atoms with van der Waals surface area (Å²) in [5.74, 6) is 0.512. The van der Waals surface area contributed by atoms with Crippen molar-refractivity contribution in [2.45, 2.75) is 20.5 Å². The number of hydrogen-bond acceptors (Lipinski definition) is 4. The molecule has 0 amide bonds. The van der Waals surface area contributed by atoms with Crippen LogP contribution in [0.4, 0.5) is 5.69 Å². The molecule has 6 heteroatoms. The second-order valence-electron chi connectivity index (χ2n) is 5.30. The molecule has 124 valence electrons. The predicted octanol–water partition coefficient (Wildman–Crippen LogP) is 4.21. The van der Waals surface area contributed by atoms with E-state index in [-0.39, 0.29) is 0 Å². The number of aliphatic imine (C=N–C) groups is 1. The van der Waals surface area contributed by atoms with E-state index in [9.17, 15) is 0 Å². The number of aromatic nitrogens is 1. The molecule has 0 unspecified atom stereocenters. The summed E-state index contributed by atoms with van der Waals surface area (Å²) in [5.41, 5.74) is 3.12. The summed E-state index contributed by atoms with van der Waals surface area (Å²) in [6.07, 6.45) is 1.78. The zero-order valence-electron chi connectivity index (χ0n) is 14.0. The summed E-state index contributed by atoms with van der Waals surface area (Å²) in [7, 11) is 1.97. The van der Waals surface area contributed by atoms with Crippen LogP contribution >= 0.6 is 15.9 Å². The molecule has 0 saturated carbocycles. The van der Waals surface area contributed by atoms with Crippen LogP contribution in [-0.4, -0.2) is 29.8 Å². The highest BCUT2D eigenvalue weighted by molar-refractivity contribution is 9.10. The summed E-state index contributed by atoms with van der Waals surface area (Å²) in [4.78, 5) is 10.9. The fourth-order valence-electron chi connectivity index (χ4n) is 1.91. The first-order chi connectivity index (χ1) is 11.5. The number of hydrogen-bond donors (Lipinski definition) is 0. The van der Waals surface area contributed by atoms with Gasteiger partial charge in [0.1, 0.15) is 6.61 Å². The van der Waals surface area contributed by atoms with Crippen LogP contribution in [0.3, 0.4) is 0 Å². The van der Waals surface area contributed by atoms with Crippen LogP contribution < -0.4 is 4.74 Å². The molecule has 0 atom stereocenters. The zero-order valence-corrected chi connectivity index (χ0v) is 15.5. The van der Waals surface area contributed by atoms with Gasteiger partial charge in [-0.1, -0.05) is 12.1 Å². The molecule has 0 bridgehead atoms. The molecular weight excluding hydrogens is 368 g/mol. The number of ether oxygens (including phenoxy) is 1. The van der Waals surface area contributed by atoms with Gasteiger partial charge in [-0.2, -0.15) is 5.26 Å². The molecule has 1 heterocycles. The molecule has 5 nitrogen and oxygen atoms in total. The number of nitriles is 1. The molecule has 1 aromatic carbocycles. The number of benzene rings is 1. The van der Waals surface area contributed by atoms with Gasteiger partial charge >= 0.3 is 0 Å². The highest BCUT2D eigenvalue weighted by Gasteiger charge is 2.09. The first-order valence-electron chi connectivity index (χ1n) is 7.57. The Labute approximate surface area is 150 Å². The molecule has 2 aromatic rings. The number of halogens is 1. The summed E-state index contributed by atoms with van der Waals surface area (Å²) < 4.78 is 6.52. The van der Waals surface area contributed by atoms with E-state index in [4.69, 9.17) is 10.00 Å². The summed E-state index contributed by atoms with van der Waals surface area (Å²) in [5, 5.41) is 8.94. The van der Waals surface area contributed by atoms with E-state index in [1.165, 1.54) is 0 Å². The minimum Gasteiger partial charge on any atom is -0.472 e. The minimum atomic E-state index is 0.349. The molecule has 0 radical (unpaired) electrons. The van der Waals surface area contributed by atoms with Crippen molar-refractivity contribution >= 4 is 28.0 Å². The lowest BCUT2D eigenvalue weighted by Crippen LogP contribution is -2.14. The van der Waals surface area contributed by atoms with Crippen molar-refractivity contribution in [3.05, 3.63) is 51.6 Å². The third-order valence-electron chi connectivity index (χ3n) is 3.43. The Morgan fingerprint density at radius 1 is 1.42 bits per heavy atom. The first-order valence-corrected chi connectivity index (χ1v) is 8.36. The monoisotopic (exact) mass is 386 g/mol. The fourth-order valence-corrected chi connectivity index (χ4v) is 2.33. The SMILES string of the molecule is CCN(C)C=Nc1cc(Br)c(OCc2cccc(C#N)c2)nc1C. The molecule has 0 N–H and O–H groups in total. The van der Waals surface area contributed by atoms with Crippen LogP contribution in [0.15, 0.2) is 39.8 Å². The van der Waals surface area contributed by atoms with E-state index in [1.54, 1.807) is 18.5 Å². The van der Waals surface area contributed by atoms with Crippen molar-refractivity contribution in [3.63, 3.8) is 0 Å². The van der Waals surface area contributed by atoms with Gasteiger partial charge in [-0.15, -0.1) is 0 Å². The topological polar surface area (TPSA) is 61.5 Å². The second kappa shape index (κ2) is 8.46. The Hall–Kier alpha value is -2.39. The van der Waals surface area contributed by atoms with Gasteiger partial charge in [-0.3, -0.25) is 0 Å². The van der Waals surface area contributed by atoms with Crippen LogP contribution in [0.2, 0.25) is 0 Å². The summed E-state index contributed by atoms with van der Waals surface area (Å²) in [6.45, 7) is 5.20. The lowest BCUT2D eigenvalue weighted by Gasteiger charge is -2.11. The number of rotatable bonds is 6. The lowest BCUT2D eigenvalue weighted by molar-refractivity contribution is 0.291. The Morgan fingerprint density at radius 2 is 2.21 bits per heavy atom. The maximum absolute atomic E-state index is 8.94. The van der Waals surface area contributed by atoms with E-state index in [0.29, 0.717) is 18.1 Å². The van der Waals surface area contributed by atoms with Crippen molar-refractivity contribution < 1.29 is 4.74 Å². The normalized spacial score (nSPS) is 10.6. The maximum Gasteiger partial charge on any atom is 0.228 e. The third-order valence-corrected chi connectivity index (χ3v) is 4.00. The molecular formula is C18H19BrN4O. The average Bonchev–Trinajstić information content (AvgIpc) is 2.60. The van der Waals surface area contributed by atoms with Crippen molar-refractivity contribution in [1.82, 2.24) is 9.88 Å². The largest absolute Gasteiger partial charge is 0.472 e. The summed E-state index contributed by atoms with van der Waals surface area (Å²) in [6, 6.07) is 11.3. The smallest absolute Gasteiger partial charge is 0.228 e. The van der Waals surface area contributed by atoms with Gasteiger partial charge in [-0.25, -0.2) is 9.98 Å². The van der Waals surface area contributed by atoms with E-state index in [2.05, 4.69) is 38.9 Å². The van der Waals surface area contributed by atoms with Gasteiger partial charge in [0.25, 0.3) is 0 Å². The van der Waals surface area contributed by atoms with Crippen LogP contribution in [0.25, 0.3) is 0 Å². The van der Waals surface area contributed by atoms with Crippen molar-refractivity contribution in [2.75, 3.05) is 13.6 Å². The van der Waals surface area contributed by atoms with Crippen molar-refractivity contribution in [3.8, 4) is 11.9 Å². The van der Waals surface area contributed by atoms with E-state index in [1.807, 2.05) is 37.1 Å². The Bertz CT molecular complexity index is 783.